The summed E-state index contributed by atoms with van der Waals surface area (Å²) in [4.78, 5) is 12.6. The van der Waals surface area contributed by atoms with Crippen LogP contribution in [0.4, 0.5) is 11.5 Å². The van der Waals surface area contributed by atoms with Crippen molar-refractivity contribution in [2.75, 3.05) is 18.6 Å². The summed E-state index contributed by atoms with van der Waals surface area (Å²) in [5, 5.41) is 7.92. The van der Waals surface area contributed by atoms with Crippen molar-refractivity contribution in [2.45, 2.75) is 26.4 Å². The Labute approximate surface area is 140 Å². The van der Waals surface area contributed by atoms with E-state index < -0.39 is 0 Å². The van der Waals surface area contributed by atoms with Crippen LogP contribution in [0, 0.1) is 6.92 Å². The lowest BCUT2D eigenvalue weighted by Gasteiger charge is -2.23. The zero-order chi connectivity index (χ0) is 16.5. The SMILES string of the molecule is Cc1nc(Nc2cccc3[nH]ccc23)c2c(n1)C(C)CNCOC2. The van der Waals surface area contributed by atoms with E-state index in [4.69, 9.17) is 4.74 Å². The molecular weight excluding hydrogens is 302 g/mol. The number of anilines is 2. The van der Waals surface area contributed by atoms with E-state index in [9.17, 15) is 0 Å². The molecule has 0 radical (unpaired) electrons. The van der Waals surface area contributed by atoms with Gasteiger partial charge in [0.25, 0.3) is 0 Å². The fourth-order valence-electron chi connectivity index (χ4n) is 3.19. The first-order valence-electron chi connectivity index (χ1n) is 8.21. The highest BCUT2D eigenvalue weighted by molar-refractivity contribution is 5.93. The van der Waals surface area contributed by atoms with Crippen LogP contribution in [0.5, 0.6) is 0 Å². The molecule has 1 atom stereocenters. The summed E-state index contributed by atoms with van der Waals surface area (Å²) in [5.41, 5.74) is 4.23. The smallest absolute Gasteiger partial charge is 0.139 e. The first-order valence-corrected chi connectivity index (χ1v) is 8.21. The van der Waals surface area contributed by atoms with Crippen molar-refractivity contribution >= 4 is 22.4 Å². The van der Waals surface area contributed by atoms with E-state index in [1.807, 2.05) is 19.2 Å². The number of H-pyrrole nitrogens is 1. The van der Waals surface area contributed by atoms with Crippen LogP contribution in [0.2, 0.25) is 0 Å². The van der Waals surface area contributed by atoms with Crippen LogP contribution in [0.3, 0.4) is 0 Å². The fourth-order valence-corrected chi connectivity index (χ4v) is 3.19. The molecule has 0 saturated carbocycles. The van der Waals surface area contributed by atoms with Gasteiger partial charge >= 0.3 is 0 Å². The molecule has 3 N–H and O–H groups in total. The predicted molar refractivity (Wildman–Crippen MR) is 94.4 cm³/mol. The van der Waals surface area contributed by atoms with Gasteiger partial charge in [-0.3, -0.25) is 5.32 Å². The second-order valence-electron chi connectivity index (χ2n) is 6.20. The van der Waals surface area contributed by atoms with Gasteiger partial charge in [0.05, 0.1) is 19.0 Å². The molecule has 2 aromatic heterocycles. The average Bonchev–Trinajstić information content (AvgIpc) is 3.03. The lowest BCUT2D eigenvalue weighted by Crippen LogP contribution is -2.27. The summed E-state index contributed by atoms with van der Waals surface area (Å²) in [6.07, 6.45) is 1.95. The third kappa shape index (κ3) is 2.74. The number of hydrogen-bond acceptors (Lipinski definition) is 5. The van der Waals surface area contributed by atoms with Gasteiger partial charge in [0, 0.05) is 40.8 Å². The Morgan fingerprint density at radius 3 is 3.08 bits per heavy atom. The van der Waals surface area contributed by atoms with Gasteiger partial charge in [0.1, 0.15) is 11.6 Å². The Hall–Kier alpha value is -2.44. The van der Waals surface area contributed by atoms with E-state index in [2.05, 4.69) is 50.7 Å². The van der Waals surface area contributed by atoms with Gasteiger partial charge < -0.3 is 15.0 Å². The molecule has 3 aromatic rings. The van der Waals surface area contributed by atoms with Crippen LogP contribution in [0.15, 0.2) is 30.5 Å². The topological polar surface area (TPSA) is 74.9 Å². The second kappa shape index (κ2) is 6.22. The molecule has 3 heterocycles. The number of aromatic nitrogens is 3. The van der Waals surface area contributed by atoms with Crippen molar-refractivity contribution in [1.29, 1.82) is 0 Å². The van der Waals surface area contributed by atoms with Gasteiger partial charge in [-0.15, -0.1) is 0 Å². The minimum absolute atomic E-state index is 0.314. The summed E-state index contributed by atoms with van der Waals surface area (Å²) in [7, 11) is 0. The first kappa shape index (κ1) is 15.1. The van der Waals surface area contributed by atoms with Gasteiger partial charge in [-0.05, 0) is 25.1 Å². The van der Waals surface area contributed by atoms with Crippen LogP contribution in [0.1, 0.15) is 29.9 Å². The zero-order valence-corrected chi connectivity index (χ0v) is 13.9. The number of benzene rings is 1. The Morgan fingerprint density at radius 1 is 1.25 bits per heavy atom. The summed E-state index contributed by atoms with van der Waals surface area (Å²) >= 11 is 0. The maximum Gasteiger partial charge on any atom is 0.139 e. The quantitative estimate of drug-likeness (QED) is 0.675. The van der Waals surface area contributed by atoms with Gasteiger partial charge in [-0.25, -0.2) is 9.97 Å². The second-order valence-corrected chi connectivity index (χ2v) is 6.20. The van der Waals surface area contributed by atoms with Crippen molar-refractivity contribution in [1.82, 2.24) is 20.3 Å². The number of hydrogen-bond donors (Lipinski definition) is 3. The lowest BCUT2D eigenvalue weighted by molar-refractivity contribution is 0.0972. The van der Waals surface area contributed by atoms with Gasteiger partial charge in [0.15, 0.2) is 0 Å². The summed E-state index contributed by atoms with van der Waals surface area (Å²) < 4.78 is 5.70. The minimum Gasteiger partial charge on any atom is -0.361 e. The Balaban J connectivity index is 1.80. The molecule has 0 spiro atoms. The van der Waals surface area contributed by atoms with Gasteiger partial charge in [-0.2, -0.15) is 0 Å². The zero-order valence-electron chi connectivity index (χ0n) is 13.9. The maximum atomic E-state index is 5.70. The summed E-state index contributed by atoms with van der Waals surface area (Å²) in [6.45, 7) is 6.00. The molecule has 1 aromatic carbocycles. The largest absolute Gasteiger partial charge is 0.361 e. The van der Waals surface area contributed by atoms with Crippen LogP contribution in [-0.2, 0) is 11.3 Å². The number of rotatable bonds is 2. The Bertz CT molecular complexity index is 873. The molecule has 1 aliphatic heterocycles. The van der Waals surface area contributed by atoms with E-state index >= 15 is 0 Å². The van der Waals surface area contributed by atoms with E-state index in [1.165, 1.54) is 0 Å². The maximum absolute atomic E-state index is 5.70. The number of aromatic amines is 1. The highest BCUT2D eigenvalue weighted by Crippen LogP contribution is 2.30. The molecule has 0 bridgehead atoms. The number of aryl methyl sites for hydroxylation is 1. The third-order valence-corrected chi connectivity index (χ3v) is 4.37. The summed E-state index contributed by atoms with van der Waals surface area (Å²) in [5.74, 6) is 1.92. The minimum atomic E-state index is 0.314. The first-order chi connectivity index (χ1) is 11.7. The third-order valence-electron chi connectivity index (χ3n) is 4.37. The standard InChI is InChI=1S/C18H21N5O/c1-11-8-19-10-24-9-14-17(11)21-12(2)22-18(14)23-16-5-3-4-15-13(16)6-7-20-15/h3-7,11,19-20H,8-10H2,1-2H3,(H,21,22,23). The van der Waals surface area contributed by atoms with Gasteiger partial charge in [-0.1, -0.05) is 13.0 Å². The van der Waals surface area contributed by atoms with Crippen LogP contribution in [-0.4, -0.2) is 28.2 Å². The van der Waals surface area contributed by atoms with E-state index in [-0.39, 0.29) is 0 Å². The molecular formula is C18H21N5O. The van der Waals surface area contributed by atoms with Crippen molar-refractivity contribution in [3.8, 4) is 0 Å². The molecule has 24 heavy (non-hydrogen) atoms. The molecule has 4 rings (SSSR count). The monoisotopic (exact) mass is 323 g/mol. The van der Waals surface area contributed by atoms with Crippen LogP contribution in [0.25, 0.3) is 10.9 Å². The van der Waals surface area contributed by atoms with Crippen molar-refractivity contribution < 1.29 is 4.74 Å². The van der Waals surface area contributed by atoms with Crippen molar-refractivity contribution in [2.24, 2.45) is 0 Å². The molecule has 0 amide bonds. The molecule has 0 aliphatic carbocycles. The highest BCUT2D eigenvalue weighted by atomic mass is 16.5. The molecule has 1 aliphatic rings. The van der Waals surface area contributed by atoms with E-state index in [0.29, 0.717) is 19.3 Å². The number of nitrogens with one attached hydrogen (secondary N) is 3. The van der Waals surface area contributed by atoms with Gasteiger partial charge in [0.2, 0.25) is 0 Å². The Morgan fingerprint density at radius 2 is 2.17 bits per heavy atom. The predicted octanol–water partition coefficient (Wildman–Crippen LogP) is 3.19. The molecule has 0 fully saturated rings. The molecule has 124 valence electrons. The fraction of sp³-hybridized carbons (Fsp3) is 0.333. The van der Waals surface area contributed by atoms with Crippen molar-refractivity contribution in [3.05, 3.63) is 47.5 Å². The summed E-state index contributed by atoms with van der Waals surface area (Å²) in [6, 6.07) is 8.22. The number of ether oxygens (including phenoxy) is 1. The number of fused-ring (bicyclic) bond motifs is 2. The molecule has 1 unspecified atom stereocenters. The number of nitrogens with zero attached hydrogens (tertiary/aromatic N) is 2. The normalized spacial score (nSPS) is 18.0. The Kier molecular flexibility index (Phi) is 3.92. The lowest BCUT2D eigenvalue weighted by atomic mass is 10.0. The van der Waals surface area contributed by atoms with E-state index in [0.717, 1.165) is 46.0 Å². The van der Waals surface area contributed by atoms with Crippen LogP contribution < -0.4 is 10.6 Å². The highest BCUT2D eigenvalue weighted by Gasteiger charge is 2.20. The molecule has 0 saturated heterocycles. The average molecular weight is 323 g/mol. The molecule has 6 heteroatoms. The molecule has 6 nitrogen and oxygen atoms in total. The van der Waals surface area contributed by atoms with Crippen molar-refractivity contribution in [3.63, 3.8) is 0 Å². The van der Waals surface area contributed by atoms with E-state index in [1.54, 1.807) is 0 Å². The van der Waals surface area contributed by atoms with Crippen LogP contribution >= 0.6 is 0 Å².